The van der Waals surface area contributed by atoms with Crippen LogP contribution in [0.2, 0.25) is 5.02 Å². The standard InChI is InChI=1S/C33H35ClN8O5/c1-32(2,3)18-33(24-12-9-22(10-13-24)28(35)40-46)29(44)42(30(39-33)38-31(45)47-17-21-7-5-4-6-8-21)27(16-43)23-11-14-25(34)26(15-23)41-20-36-19-37-41/h4-15,19-20,27,43,46H,16-18H2,1-3H3,(H2,35,40)(H,38,39,45)/t27-,33-/m1/s1. The van der Waals surface area contributed by atoms with E-state index in [2.05, 4.69) is 20.4 Å². The molecule has 14 heteroatoms. The number of aromatic nitrogens is 3. The number of carbonyl (C=O) groups excluding carboxylic acids is 2. The summed E-state index contributed by atoms with van der Waals surface area (Å²) in [5.41, 5.74) is 2.58. The number of nitrogens with zero attached hydrogens (tertiary/aromatic N) is 5. The van der Waals surface area contributed by atoms with Gasteiger partial charge >= 0.3 is 6.09 Å². The van der Waals surface area contributed by atoms with E-state index < -0.39 is 35.6 Å². The van der Waals surface area contributed by atoms with E-state index in [4.69, 9.17) is 21.7 Å². The zero-order valence-electron chi connectivity index (χ0n) is 26.0. The summed E-state index contributed by atoms with van der Waals surface area (Å²) >= 11 is 6.49. The van der Waals surface area contributed by atoms with Crippen molar-refractivity contribution in [2.75, 3.05) is 6.61 Å². The number of carbonyl (C=O) groups is 2. The van der Waals surface area contributed by atoms with Crippen molar-refractivity contribution in [1.82, 2.24) is 30.5 Å². The molecule has 3 aromatic carbocycles. The molecule has 1 saturated heterocycles. The first-order valence-corrected chi connectivity index (χ1v) is 15.1. The average Bonchev–Trinajstić information content (AvgIpc) is 3.68. The van der Waals surface area contributed by atoms with Crippen LogP contribution in [0.4, 0.5) is 4.79 Å². The lowest BCUT2D eigenvalue weighted by molar-refractivity contribution is -0.134. The van der Waals surface area contributed by atoms with Crippen LogP contribution in [-0.4, -0.2) is 60.4 Å². The van der Waals surface area contributed by atoms with Gasteiger partial charge in [-0.2, -0.15) is 5.10 Å². The zero-order chi connectivity index (χ0) is 33.8. The van der Waals surface area contributed by atoms with Gasteiger partial charge in [0, 0.05) is 5.56 Å². The third-order valence-electron chi connectivity index (χ3n) is 7.62. The summed E-state index contributed by atoms with van der Waals surface area (Å²) in [6, 6.07) is 19.6. The second kappa shape index (κ2) is 13.7. The highest BCUT2D eigenvalue weighted by molar-refractivity contribution is 6.32. The molecule has 0 saturated carbocycles. The van der Waals surface area contributed by atoms with E-state index in [1.54, 1.807) is 42.5 Å². The number of aliphatic hydroxyl groups is 1. The summed E-state index contributed by atoms with van der Waals surface area (Å²) in [6.45, 7) is 5.36. The topological polar surface area (TPSA) is 178 Å². The van der Waals surface area contributed by atoms with Crippen molar-refractivity contribution in [2.45, 2.75) is 45.4 Å². The van der Waals surface area contributed by atoms with E-state index >= 15 is 0 Å². The number of guanidine groups is 1. The predicted molar refractivity (Wildman–Crippen MR) is 174 cm³/mol. The Morgan fingerprint density at radius 3 is 2.49 bits per heavy atom. The average molecular weight is 659 g/mol. The summed E-state index contributed by atoms with van der Waals surface area (Å²) in [7, 11) is 0. The van der Waals surface area contributed by atoms with Crippen molar-refractivity contribution in [3.8, 4) is 5.69 Å². The molecule has 5 rings (SSSR count). The maximum atomic E-state index is 14.9. The smallest absolute Gasteiger partial charge is 0.437 e. The molecule has 1 aromatic heterocycles. The number of hydrogen-bond acceptors (Lipinski definition) is 8. The fourth-order valence-electron chi connectivity index (χ4n) is 5.60. The molecule has 0 aliphatic carbocycles. The molecule has 1 aliphatic heterocycles. The molecule has 2 heterocycles. The van der Waals surface area contributed by atoms with Crippen molar-refractivity contribution < 1.29 is 24.6 Å². The Morgan fingerprint density at radius 1 is 1.15 bits per heavy atom. The number of aliphatic imine (C=N–C) groups is 1. The molecule has 1 aliphatic rings. The molecule has 1 fully saturated rings. The number of benzene rings is 3. The number of halogens is 1. The molecule has 13 nitrogen and oxygen atoms in total. The van der Waals surface area contributed by atoms with Gasteiger partial charge in [-0.15, -0.1) is 4.99 Å². The van der Waals surface area contributed by atoms with Crippen molar-refractivity contribution in [1.29, 1.82) is 5.41 Å². The number of amidine groups is 1. The lowest BCUT2D eigenvalue weighted by atomic mass is 9.75. The SMILES string of the molecule is CC(C)(C)C[C@]1(c2ccc(C(=N)NO)cc2)NC(=NC(=O)OCc2ccccc2)N([C@H](CO)c2ccc(Cl)c(-n3cncn3)c2)C1=O. The van der Waals surface area contributed by atoms with Crippen molar-refractivity contribution in [3.05, 3.63) is 113 Å². The van der Waals surface area contributed by atoms with E-state index in [9.17, 15) is 19.9 Å². The van der Waals surface area contributed by atoms with Gasteiger partial charge in [-0.05, 0) is 40.7 Å². The molecule has 2 atom stereocenters. The van der Waals surface area contributed by atoms with Crippen molar-refractivity contribution >= 4 is 35.4 Å². The number of nitrogens with one attached hydrogen (secondary N) is 3. The molecule has 0 unspecified atom stereocenters. The lowest BCUT2D eigenvalue weighted by Gasteiger charge is -2.35. The van der Waals surface area contributed by atoms with Crippen molar-refractivity contribution in [3.63, 3.8) is 0 Å². The number of amides is 2. The van der Waals surface area contributed by atoms with E-state index in [-0.39, 0.29) is 24.8 Å². The minimum Gasteiger partial charge on any atom is -0.443 e. The van der Waals surface area contributed by atoms with Gasteiger partial charge in [0.05, 0.1) is 23.4 Å². The van der Waals surface area contributed by atoms with Gasteiger partial charge in [-0.1, -0.05) is 93.0 Å². The molecular weight excluding hydrogens is 624 g/mol. The van der Waals surface area contributed by atoms with Crippen molar-refractivity contribution in [2.24, 2.45) is 10.4 Å². The van der Waals surface area contributed by atoms with E-state index in [1.807, 2.05) is 56.6 Å². The van der Waals surface area contributed by atoms with Gasteiger partial charge in [0.2, 0.25) is 5.96 Å². The van der Waals surface area contributed by atoms with Crippen LogP contribution in [0, 0.1) is 10.8 Å². The molecule has 4 aromatic rings. The Morgan fingerprint density at radius 2 is 1.87 bits per heavy atom. The lowest BCUT2D eigenvalue weighted by Crippen LogP contribution is -2.47. The van der Waals surface area contributed by atoms with Crippen LogP contribution in [0.3, 0.4) is 0 Å². The first kappa shape index (κ1) is 33.3. The third-order valence-corrected chi connectivity index (χ3v) is 7.94. The largest absolute Gasteiger partial charge is 0.443 e. The first-order valence-electron chi connectivity index (χ1n) is 14.7. The van der Waals surface area contributed by atoms with Gasteiger partial charge in [0.1, 0.15) is 30.6 Å². The minimum absolute atomic E-state index is 0.0360. The number of aliphatic hydroxyl groups excluding tert-OH is 1. The Bertz CT molecular complexity index is 1770. The summed E-state index contributed by atoms with van der Waals surface area (Å²) in [5.74, 6) is -0.799. The molecule has 244 valence electrons. The highest BCUT2D eigenvalue weighted by Crippen LogP contribution is 2.42. The fourth-order valence-corrected chi connectivity index (χ4v) is 5.80. The highest BCUT2D eigenvalue weighted by atomic mass is 35.5. The number of ether oxygens (including phenoxy) is 1. The van der Waals surface area contributed by atoms with E-state index in [0.717, 1.165) is 5.56 Å². The maximum absolute atomic E-state index is 14.9. The van der Waals surface area contributed by atoms with Gasteiger partial charge in [-0.25, -0.2) is 14.5 Å². The summed E-state index contributed by atoms with van der Waals surface area (Å²) in [4.78, 5) is 37.5. The van der Waals surface area contributed by atoms with Crippen LogP contribution < -0.4 is 10.8 Å². The molecule has 0 bridgehead atoms. The number of hydrogen-bond donors (Lipinski definition) is 5. The fraction of sp³-hybridized carbons (Fsp3) is 0.273. The van der Waals surface area contributed by atoms with Crippen LogP contribution in [0.25, 0.3) is 5.69 Å². The van der Waals surface area contributed by atoms with Gasteiger partial charge < -0.3 is 15.2 Å². The summed E-state index contributed by atoms with van der Waals surface area (Å²) < 4.78 is 6.91. The molecule has 2 amide bonds. The molecule has 0 spiro atoms. The normalized spacial score (nSPS) is 17.8. The number of hydroxylamine groups is 1. The molecule has 5 N–H and O–H groups in total. The van der Waals surface area contributed by atoms with Crippen LogP contribution in [0.1, 0.15) is 55.5 Å². The van der Waals surface area contributed by atoms with E-state index in [0.29, 0.717) is 27.4 Å². The minimum atomic E-state index is -1.45. The Balaban J connectivity index is 1.62. The zero-order valence-corrected chi connectivity index (χ0v) is 26.8. The maximum Gasteiger partial charge on any atom is 0.437 e. The summed E-state index contributed by atoms with van der Waals surface area (Å²) in [5, 5.41) is 35.8. The first-order chi connectivity index (χ1) is 22.5. The van der Waals surface area contributed by atoms with Crippen LogP contribution in [0.15, 0.2) is 90.4 Å². The van der Waals surface area contributed by atoms with Gasteiger partial charge in [0.15, 0.2) is 0 Å². The quantitative estimate of drug-likeness (QED) is 0.0967. The van der Waals surface area contributed by atoms with Crippen LogP contribution in [0.5, 0.6) is 0 Å². The molecule has 0 radical (unpaired) electrons. The Hall–Kier alpha value is -5.11. The molecular formula is C33H35ClN8O5. The van der Waals surface area contributed by atoms with Crippen LogP contribution in [-0.2, 0) is 21.7 Å². The highest BCUT2D eigenvalue weighted by Gasteiger charge is 2.55. The monoisotopic (exact) mass is 658 g/mol. The van der Waals surface area contributed by atoms with E-state index in [1.165, 1.54) is 22.2 Å². The Kier molecular flexibility index (Phi) is 9.70. The summed E-state index contributed by atoms with van der Waals surface area (Å²) in [6.07, 6.45) is 2.15. The third kappa shape index (κ3) is 7.17. The number of rotatable bonds is 9. The van der Waals surface area contributed by atoms with Gasteiger partial charge in [-0.3, -0.25) is 25.8 Å². The van der Waals surface area contributed by atoms with Crippen LogP contribution >= 0.6 is 11.6 Å². The molecule has 47 heavy (non-hydrogen) atoms. The van der Waals surface area contributed by atoms with Gasteiger partial charge in [0.25, 0.3) is 5.91 Å². The second-order valence-electron chi connectivity index (χ2n) is 12.2. The Labute approximate surface area is 276 Å². The predicted octanol–water partition coefficient (Wildman–Crippen LogP) is 4.71. The second-order valence-corrected chi connectivity index (χ2v) is 12.6.